The highest BCUT2D eigenvalue weighted by Crippen LogP contribution is 2.00. The quantitative estimate of drug-likeness (QED) is 0.701. The molecule has 0 saturated carbocycles. The summed E-state index contributed by atoms with van der Waals surface area (Å²) in [6.45, 7) is 2.52. The molecule has 0 aromatic carbocycles. The monoisotopic (exact) mass is 182 g/mol. The van der Waals surface area contributed by atoms with Gasteiger partial charge in [0.2, 0.25) is 5.91 Å². The van der Waals surface area contributed by atoms with Gasteiger partial charge in [-0.05, 0) is 12.5 Å². The predicted molar refractivity (Wildman–Crippen MR) is 48.8 cm³/mol. The zero-order chi connectivity index (χ0) is 9.68. The molecule has 0 bridgehead atoms. The molecule has 0 spiro atoms. The Morgan fingerprint density at radius 3 is 3.00 bits per heavy atom. The standard InChI is InChI=1S/C9H14N2O2/c1-2-8(9(10)12)11-5-7-3-4-13-6-7/h3-4,6,8,11H,2,5H2,1H3,(H2,10,12). The fourth-order valence-corrected chi connectivity index (χ4v) is 1.08. The zero-order valence-electron chi connectivity index (χ0n) is 7.62. The van der Waals surface area contributed by atoms with Crippen LogP contribution in [0.3, 0.4) is 0 Å². The van der Waals surface area contributed by atoms with Crippen LogP contribution in [0, 0.1) is 0 Å². The average Bonchev–Trinajstić information content (AvgIpc) is 2.57. The first-order valence-corrected chi connectivity index (χ1v) is 4.27. The van der Waals surface area contributed by atoms with E-state index in [-0.39, 0.29) is 11.9 Å². The van der Waals surface area contributed by atoms with Crippen LogP contribution in [0.25, 0.3) is 0 Å². The second-order valence-electron chi connectivity index (χ2n) is 2.88. The molecule has 4 nitrogen and oxygen atoms in total. The maximum Gasteiger partial charge on any atom is 0.234 e. The van der Waals surface area contributed by atoms with Gasteiger partial charge in [0.05, 0.1) is 18.6 Å². The Morgan fingerprint density at radius 1 is 1.77 bits per heavy atom. The molecule has 1 atom stereocenters. The molecule has 1 amide bonds. The summed E-state index contributed by atoms with van der Waals surface area (Å²) in [5.41, 5.74) is 6.18. The third-order valence-corrected chi connectivity index (χ3v) is 1.88. The number of furan rings is 1. The third-order valence-electron chi connectivity index (χ3n) is 1.88. The van der Waals surface area contributed by atoms with Crippen molar-refractivity contribution in [3.8, 4) is 0 Å². The fraction of sp³-hybridized carbons (Fsp3) is 0.444. The minimum Gasteiger partial charge on any atom is -0.472 e. The van der Waals surface area contributed by atoms with Crippen molar-refractivity contribution in [1.29, 1.82) is 0 Å². The van der Waals surface area contributed by atoms with Crippen molar-refractivity contribution in [1.82, 2.24) is 5.32 Å². The normalized spacial score (nSPS) is 12.7. The van der Waals surface area contributed by atoms with Gasteiger partial charge in [-0.2, -0.15) is 0 Å². The lowest BCUT2D eigenvalue weighted by Gasteiger charge is -2.11. The van der Waals surface area contributed by atoms with Gasteiger partial charge >= 0.3 is 0 Å². The highest BCUT2D eigenvalue weighted by Gasteiger charge is 2.11. The molecule has 4 heteroatoms. The molecule has 13 heavy (non-hydrogen) atoms. The predicted octanol–water partition coefficient (Wildman–Crippen LogP) is 0.633. The Bertz CT molecular complexity index is 257. The number of hydrogen-bond acceptors (Lipinski definition) is 3. The second-order valence-corrected chi connectivity index (χ2v) is 2.88. The summed E-state index contributed by atoms with van der Waals surface area (Å²) in [7, 11) is 0. The van der Waals surface area contributed by atoms with Gasteiger partial charge < -0.3 is 15.5 Å². The molecule has 1 heterocycles. The summed E-state index contributed by atoms with van der Waals surface area (Å²) in [5.74, 6) is -0.314. The Hall–Kier alpha value is -1.29. The smallest absolute Gasteiger partial charge is 0.234 e. The Labute approximate surface area is 77.1 Å². The molecule has 3 N–H and O–H groups in total. The van der Waals surface area contributed by atoms with Crippen LogP contribution in [0.5, 0.6) is 0 Å². The van der Waals surface area contributed by atoms with Crippen LogP contribution in [0.4, 0.5) is 0 Å². The van der Waals surface area contributed by atoms with Crippen molar-refractivity contribution in [2.24, 2.45) is 5.73 Å². The second kappa shape index (κ2) is 4.67. The molecule has 0 aliphatic rings. The summed E-state index contributed by atoms with van der Waals surface area (Å²) in [4.78, 5) is 10.8. The largest absolute Gasteiger partial charge is 0.472 e. The Balaban J connectivity index is 2.36. The maximum atomic E-state index is 10.8. The van der Waals surface area contributed by atoms with E-state index in [1.807, 2.05) is 13.0 Å². The minimum absolute atomic E-state index is 0.255. The Kier molecular flexibility index (Phi) is 3.52. The van der Waals surface area contributed by atoms with Crippen molar-refractivity contribution in [3.05, 3.63) is 24.2 Å². The van der Waals surface area contributed by atoms with Crippen LogP contribution < -0.4 is 11.1 Å². The van der Waals surface area contributed by atoms with Crippen LogP contribution >= 0.6 is 0 Å². The van der Waals surface area contributed by atoms with Gasteiger partial charge in [-0.15, -0.1) is 0 Å². The molecule has 0 aliphatic carbocycles. The van der Waals surface area contributed by atoms with Gasteiger partial charge in [-0.3, -0.25) is 4.79 Å². The van der Waals surface area contributed by atoms with E-state index >= 15 is 0 Å². The molecule has 1 rings (SSSR count). The number of primary amides is 1. The van der Waals surface area contributed by atoms with E-state index in [4.69, 9.17) is 10.2 Å². The third kappa shape index (κ3) is 2.91. The van der Waals surface area contributed by atoms with E-state index < -0.39 is 0 Å². The Morgan fingerprint density at radius 2 is 2.54 bits per heavy atom. The van der Waals surface area contributed by atoms with Gasteiger partial charge in [0.1, 0.15) is 0 Å². The first kappa shape index (κ1) is 9.80. The topological polar surface area (TPSA) is 68.3 Å². The van der Waals surface area contributed by atoms with Crippen LogP contribution in [-0.4, -0.2) is 11.9 Å². The number of carbonyl (C=O) groups excluding carboxylic acids is 1. The molecule has 0 fully saturated rings. The summed E-state index contributed by atoms with van der Waals surface area (Å²) >= 11 is 0. The van der Waals surface area contributed by atoms with Gasteiger partial charge in [0.15, 0.2) is 0 Å². The van der Waals surface area contributed by atoms with Crippen molar-refractivity contribution in [2.75, 3.05) is 0 Å². The van der Waals surface area contributed by atoms with E-state index in [1.165, 1.54) is 0 Å². The van der Waals surface area contributed by atoms with Gasteiger partial charge in [0, 0.05) is 12.1 Å². The summed E-state index contributed by atoms with van der Waals surface area (Å²) in [5, 5.41) is 3.04. The van der Waals surface area contributed by atoms with Crippen molar-refractivity contribution < 1.29 is 9.21 Å². The molecule has 1 aromatic heterocycles. The minimum atomic E-state index is -0.314. The number of carbonyl (C=O) groups is 1. The molecule has 1 unspecified atom stereocenters. The van der Waals surface area contributed by atoms with Gasteiger partial charge in [-0.1, -0.05) is 6.92 Å². The maximum absolute atomic E-state index is 10.8. The van der Waals surface area contributed by atoms with E-state index in [0.29, 0.717) is 13.0 Å². The molecule has 72 valence electrons. The van der Waals surface area contributed by atoms with Crippen LogP contribution in [0.15, 0.2) is 23.0 Å². The number of hydrogen-bond donors (Lipinski definition) is 2. The van der Waals surface area contributed by atoms with Crippen molar-refractivity contribution in [3.63, 3.8) is 0 Å². The molecule has 0 aliphatic heterocycles. The highest BCUT2D eigenvalue weighted by atomic mass is 16.3. The lowest BCUT2D eigenvalue weighted by molar-refractivity contribution is -0.120. The lowest BCUT2D eigenvalue weighted by Crippen LogP contribution is -2.40. The van der Waals surface area contributed by atoms with Gasteiger partial charge in [0.25, 0.3) is 0 Å². The van der Waals surface area contributed by atoms with E-state index in [0.717, 1.165) is 5.56 Å². The lowest BCUT2D eigenvalue weighted by atomic mass is 10.2. The van der Waals surface area contributed by atoms with Crippen molar-refractivity contribution in [2.45, 2.75) is 25.9 Å². The molecular formula is C9H14N2O2. The fourth-order valence-electron chi connectivity index (χ4n) is 1.08. The highest BCUT2D eigenvalue weighted by molar-refractivity contribution is 5.79. The van der Waals surface area contributed by atoms with Crippen molar-refractivity contribution >= 4 is 5.91 Å². The molecule has 0 radical (unpaired) electrons. The molecular weight excluding hydrogens is 168 g/mol. The number of nitrogens with one attached hydrogen (secondary N) is 1. The summed E-state index contributed by atoms with van der Waals surface area (Å²) in [6.07, 6.45) is 3.94. The first-order chi connectivity index (χ1) is 6.24. The summed E-state index contributed by atoms with van der Waals surface area (Å²) < 4.78 is 4.88. The molecule has 1 aromatic rings. The van der Waals surface area contributed by atoms with Crippen LogP contribution in [0.2, 0.25) is 0 Å². The summed E-state index contributed by atoms with van der Waals surface area (Å²) in [6, 6.07) is 1.59. The molecule has 0 saturated heterocycles. The number of nitrogens with two attached hydrogens (primary N) is 1. The average molecular weight is 182 g/mol. The van der Waals surface area contributed by atoms with E-state index in [2.05, 4.69) is 5.32 Å². The number of amides is 1. The van der Waals surface area contributed by atoms with Crippen LogP contribution in [0.1, 0.15) is 18.9 Å². The van der Waals surface area contributed by atoms with E-state index in [1.54, 1.807) is 12.5 Å². The zero-order valence-corrected chi connectivity index (χ0v) is 7.62. The van der Waals surface area contributed by atoms with Crippen LogP contribution in [-0.2, 0) is 11.3 Å². The van der Waals surface area contributed by atoms with Gasteiger partial charge in [-0.25, -0.2) is 0 Å². The first-order valence-electron chi connectivity index (χ1n) is 4.27. The van der Waals surface area contributed by atoms with E-state index in [9.17, 15) is 4.79 Å². The number of rotatable bonds is 5. The SMILES string of the molecule is CCC(NCc1ccoc1)C(N)=O.